The van der Waals surface area contributed by atoms with Gasteiger partial charge in [0.1, 0.15) is 0 Å². The van der Waals surface area contributed by atoms with Crippen LogP contribution in [0.1, 0.15) is 127 Å². The van der Waals surface area contributed by atoms with Crippen LogP contribution < -0.4 is 0 Å². The average Bonchev–Trinajstić information content (AvgIpc) is 2.86. The van der Waals surface area contributed by atoms with E-state index in [4.69, 9.17) is 0 Å². The summed E-state index contributed by atoms with van der Waals surface area (Å²) in [5.74, 6) is 4.67. The van der Waals surface area contributed by atoms with Crippen molar-refractivity contribution >= 4 is 0 Å². The van der Waals surface area contributed by atoms with Gasteiger partial charge in [0.2, 0.25) is 0 Å². The quantitative estimate of drug-likeness (QED) is 0.277. The lowest BCUT2D eigenvalue weighted by molar-refractivity contribution is -0.282. The lowest BCUT2D eigenvalue weighted by atomic mass is 9.33. The molecule has 0 aliphatic heterocycles. The summed E-state index contributed by atoms with van der Waals surface area (Å²) in [6.45, 7) is 20.5. The van der Waals surface area contributed by atoms with Crippen molar-refractivity contribution in [1.29, 1.82) is 0 Å². The molecule has 0 bridgehead atoms. The van der Waals surface area contributed by atoms with Gasteiger partial charge in [-0.2, -0.15) is 0 Å². The molecule has 0 radical (unpaired) electrons. The van der Waals surface area contributed by atoms with Gasteiger partial charge in [0, 0.05) is 11.3 Å². The molecule has 41 heavy (non-hydrogen) atoms. The van der Waals surface area contributed by atoms with Gasteiger partial charge in [0.15, 0.2) is 0 Å². The Morgan fingerprint density at radius 1 is 0.854 bits per heavy atom. The van der Waals surface area contributed by atoms with Crippen LogP contribution in [-0.4, -0.2) is 44.8 Å². The van der Waals surface area contributed by atoms with Gasteiger partial charge in [-0.25, -0.2) is 0 Å². The van der Waals surface area contributed by atoms with Crippen molar-refractivity contribution in [3.63, 3.8) is 0 Å². The van der Waals surface area contributed by atoms with E-state index >= 15 is 0 Å². The number of hydrogen-bond acceptors (Lipinski definition) is 4. The van der Waals surface area contributed by atoms with Gasteiger partial charge < -0.3 is 20.4 Å². The minimum absolute atomic E-state index is 0.0235. The second kappa shape index (κ2) is 11.3. The molecule has 5 aliphatic carbocycles. The smallest absolute Gasteiger partial charge is 0.0656 e. The van der Waals surface area contributed by atoms with E-state index < -0.39 is 12.2 Å². The Bertz CT molecular complexity index is 911. The van der Waals surface area contributed by atoms with E-state index in [1.807, 2.05) is 13.8 Å². The normalized spacial score (nSPS) is 57.1. The summed E-state index contributed by atoms with van der Waals surface area (Å²) in [5.41, 5.74) is -0.316. The Kier molecular flexibility index (Phi) is 8.91. The third-order valence-electron chi connectivity index (χ3n) is 15.4. The minimum atomic E-state index is -0.569. The molecule has 0 aromatic carbocycles. The largest absolute Gasteiger partial charge is 0.393 e. The first-order valence-corrected chi connectivity index (χ1v) is 17.8. The second-order valence-electron chi connectivity index (χ2n) is 17.8. The van der Waals surface area contributed by atoms with E-state index in [1.165, 1.54) is 38.5 Å². The Balaban J connectivity index is 1.52. The zero-order valence-corrected chi connectivity index (χ0v) is 28.0. The minimum Gasteiger partial charge on any atom is -0.393 e. The molecule has 16 atom stereocenters. The molecule has 5 aliphatic rings. The summed E-state index contributed by atoms with van der Waals surface area (Å²) in [5, 5.41) is 45.7. The Labute approximate surface area is 252 Å². The first kappa shape index (κ1) is 32.2. The maximum Gasteiger partial charge on any atom is 0.0656 e. The molecule has 4 nitrogen and oxygen atoms in total. The molecule has 0 aromatic heterocycles. The van der Waals surface area contributed by atoms with Crippen molar-refractivity contribution < 1.29 is 20.4 Å². The van der Waals surface area contributed by atoms with E-state index in [9.17, 15) is 20.4 Å². The Hall–Kier alpha value is -0.160. The molecule has 238 valence electrons. The molecule has 0 amide bonds. The summed E-state index contributed by atoms with van der Waals surface area (Å²) in [6.07, 6.45) is 10.2. The summed E-state index contributed by atoms with van der Waals surface area (Å²) in [7, 11) is 0. The van der Waals surface area contributed by atoms with Gasteiger partial charge in [0.25, 0.3) is 0 Å². The van der Waals surface area contributed by atoms with Crippen molar-refractivity contribution in [3.8, 4) is 0 Å². The lowest BCUT2D eigenvalue weighted by Gasteiger charge is -2.72. The third-order valence-corrected chi connectivity index (χ3v) is 15.4. The van der Waals surface area contributed by atoms with Gasteiger partial charge in [0.05, 0.1) is 24.4 Å². The molecule has 5 rings (SSSR count). The van der Waals surface area contributed by atoms with Crippen LogP contribution in [0.3, 0.4) is 0 Å². The van der Waals surface area contributed by atoms with Crippen molar-refractivity contribution in [2.24, 2.45) is 81.3 Å². The van der Waals surface area contributed by atoms with Crippen molar-refractivity contribution in [1.82, 2.24) is 0 Å². The molecular weight excluding hydrogens is 508 g/mol. The van der Waals surface area contributed by atoms with Crippen molar-refractivity contribution in [2.45, 2.75) is 151 Å². The topological polar surface area (TPSA) is 80.9 Å². The molecule has 5 fully saturated rings. The summed E-state index contributed by atoms with van der Waals surface area (Å²) in [6, 6.07) is 0. The SMILES string of the molecule is CC(O)CCC1CC(C2CCC(C)CC2)C2CC3(C)CC4(C)CC(C)C(C(C)O)C(O)C4(C)C(C)C3C(O)C2C1C. The molecule has 4 heteroatoms. The fourth-order valence-corrected chi connectivity index (χ4v) is 13.3. The van der Waals surface area contributed by atoms with Crippen LogP contribution in [0.25, 0.3) is 0 Å². The van der Waals surface area contributed by atoms with Gasteiger partial charge >= 0.3 is 0 Å². The van der Waals surface area contributed by atoms with E-state index in [0.29, 0.717) is 29.6 Å². The fraction of sp³-hybridized carbons (Fsp3) is 1.00. The zero-order chi connectivity index (χ0) is 30.2. The molecule has 16 unspecified atom stereocenters. The second-order valence-corrected chi connectivity index (χ2v) is 17.8. The lowest BCUT2D eigenvalue weighted by Crippen LogP contribution is -2.70. The first-order valence-electron chi connectivity index (χ1n) is 17.8. The Morgan fingerprint density at radius 3 is 2.07 bits per heavy atom. The van der Waals surface area contributed by atoms with E-state index in [-0.39, 0.29) is 52.1 Å². The van der Waals surface area contributed by atoms with Crippen LogP contribution in [0.2, 0.25) is 0 Å². The average molecular weight is 575 g/mol. The molecule has 5 saturated carbocycles. The van der Waals surface area contributed by atoms with Crippen molar-refractivity contribution in [2.75, 3.05) is 0 Å². The summed E-state index contributed by atoms with van der Waals surface area (Å²) >= 11 is 0. The van der Waals surface area contributed by atoms with Gasteiger partial charge in [-0.3, -0.25) is 0 Å². The summed E-state index contributed by atoms with van der Waals surface area (Å²) < 4.78 is 0. The maximum atomic E-state index is 12.7. The fourth-order valence-electron chi connectivity index (χ4n) is 13.3. The Morgan fingerprint density at radius 2 is 1.49 bits per heavy atom. The number of aliphatic hydroxyl groups excluding tert-OH is 4. The third kappa shape index (κ3) is 5.09. The van der Waals surface area contributed by atoms with Crippen LogP contribution >= 0.6 is 0 Å². The molecule has 0 saturated heterocycles. The molecule has 0 spiro atoms. The van der Waals surface area contributed by atoms with E-state index in [0.717, 1.165) is 37.5 Å². The van der Waals surface area contributed by atoms with E-state index in [1.54, 1.807) is 0 Å². The van der Waals surface area contributed by atoms with Gasteiger partial charge in [-0.05, 0) is 135 Å². The molecule has 0 heterocycles. The van der Waals surface area contributed by atoms with E-state index in [2.05, 4.69) is 48.5 Å². The first-order chi connectivity index (χ1) is 19.1. The summed E-state index contributed by atoms with van der Waals surface area (Å²) in [4.78, 5) is 0. The monoisotopic (exact) mass is 574 g/mol. The molecular formula is C37H66O4. The highest BCUT2D eigenvalue weighted by atomic mass is 16.3. The van der Waals surface area contributed by atoms with Crippen LogP contribution in [-0.2, 0) is 0 Å². The standard InChI is InChI=1S/C37H66O4/c1-20-10-13-26(14-11-20)28-16-27(15-12-22(3)38)23(4)31-29(28)18-35(7)19-36(8)17-21(2)30(25(6)39)34(41)37(36,9)24(5)32(35)33(31)40/h20-34,38-41H,10-19H2,1-9H3. The van der Waals surface area contributed by atoms with Crippen molar-refractivity contribution in [3.05, 3.63) is 0 Å². The zero-order valence-electron chi connectivity index (χ0n) is 28.0. The number of rotatable bonds is 5. The predicted octanol–water partition coefficient (Wildman–Crippen LogP) is 7.32. The highest BCUT2D eigenvalue weighted by Crippen LogP contribution is 2.73. The highest BCUT2D eigenvalue weighted by molar-refractivity contribution is 5.19. The molecule has 4 N–H and O–H groups in total. The predicted molar refractivity (Wildman–Crippen MR) is 167 cm³/mol. The van der Waals surface area contributed by atoms with Crippen LogP contribution in [0, 0.1) is 81.3 Å². The van der Waals surface area contributed by atoms with Gasteiger partial charge in [-0.1, -0.05) is 61.3 Å². The number of fused-ring (bicyclic) bond motifs is 3. The number of aliphatic hydroxyl groups is 4. The number of hydrogen-bond donors (Lipinski definition) is 4. The van der Waals surface area contributed by atoms with Gasteiger partial charge in [-0.15, -0.1) is 0 Å². The van der Waals surface area contributed by atoms with Crippen LogP contribution in [0.5, 0.6) is 0 Å². The van der Waals surface area contributed by atoms with Crippen LogP contribution in [0.15, 0.2) is 0 Å². The van der Waals surface area contributed by atoms with Crippen LogP contribution in [0.4, 0.5) is 0 Å². The molecule has 0 aromatic rings. The maximum absolute atomic E-state index is 12.7. The highest BCUT2D eigenvalue weighted by Gasteiger charge is 2.70.